The molecule has 0 aromatic heterocycles. The zero-order valence-electron chi connectivity index (χ0n) is 10.6. The Kier molecular flexibility index (Phi) is 4.74. The lowest BCUT2D eigenvalue weighted by Crippen LogP contribution is -2.48. The lowest BCUT2D eigenvalue weighted by molar-refractivity contribution is -0.130. The van der Waals surface area contributed by atoms with Gasteiger partial charge in [-0.25, -0.2) is 0 Å². The third-order valence-electron chi connectivity index (χ3n) is 3.39. The first-order chi connectivity index (χ1) is 7.47. The van der Waals surface area contributed by atoms with Crippen LogP contribution in [0.25, 0.3) is 0 Å². The van der Waals surface area contributed by atoms with E-state index in [1.54, 1.807) is 0 Å². The largest absolute Gasteiger partial charge is 0.377 e. The van der Waals surface area contributed by atoms with Gasteiger partial charge in [-0.1, -0.05) is 6.42 Å². The number of nitrogens with one attached hydrogen (secondary N) is 1. The van der Waals surface area contributed by atoms with Crippen molar-refractivity contribution in [1.29, 1.82) is 0 Å². The second kappa shape index (κ2) is 5.64. The Bertz CT molecular complexity index is 243. The Labute approximate surface area is 97.9 Å². The molecule has 16 heavy (non-hydrogen) atoms. The third-order valence-corrected chi connectivity index (χ3v) is 3.39. The second-order valence-corrected chi connectivity index (χ2v) is 5.09. The van der Waals surface area contributed by atoms with E-state index in [4.69, 9.17) is 10.5 Å². The summed E-state index contributed by atoms with van der Waals surface area (Å²) in [6.45, 7) is 7.06. The van der Waals surface area contributed by atoms with Crippen molar-refractivity contribution in [2.45, 2.75) is 52.2 Å². The van der Waals surface area contributed by atoms with Crippen molar-refractivity contribution >= 4 is 5.91 Å². The van der Waals surface area contributed by atoms with Gasteiger partial charge in [0.2, 0.25) is 5.91 Å². The average molecular weight is 228 g/mol. The molecule has 94 valence electrons. The molecular weight excluding hydrogens is 204 g/mol. The van der Waals surface area contributed by atoms with E-state index in [2.05, 4.69) is 5.32 Å². The minimum Gasteiger partial charge on any atom is -0.377 e. The predicted octanol–water partition coefficient (Wildman–Crippen LogP) is 1.05. The molecule has 1 amide bonds. The highest BCUT2D eigenvalue weighted by Gasteiger charge is 2.42. The lowest BCUT2D eigenvalue weighted by atomic mass is 9.84. The molecule has 0 aliphatic heterocycles. The Morgan fingerprint density at radius 1 is 1.62 bits per heavy atom. The molecule has 3 N–H and O–H groups in total. The molecule has 0 bridgehead atoms. The highest BCUT2D eigenvalue weighted by Crippen LogP contribution is 2.36. The van der Waals surface area contributed by atoms with Crippen molar-refractivity contribution in [3.8, 4) is 0 Å². The van der Waals surface area contributed by atoms with Gasteiger partial charge in [0.25, 0.3) is 0 Å². The number of amides is 1. The molecule has 1 fully saturated rings. The molecule has 0 spiro atoms. The molecule has 0 heterocycles. The second-order valence-electron chi connectivity index (χ2n) is 5.09. The number of rotatable bonds is 5. The quantitative estimate of drug-likeness (QED) is 0.691. The summed E-state index contributed by atoms with van der Waals surface area (Å²) in [5, 5.41) is 2.91. The lowest BCUT2D eigenvalue weighted by Gasteiger charge is -2.27. The van der Waals surface area contributed by atoms with Gasteiger partial charge in [0, 0.05) is 12.6 Å². The number of hydrogen-bond acceptors (Lipinski definition) is 3. The van der Waals surface area contributed by atoms with Gasteiger partial charge >= 0.3 is 0 Å². The van der Waals surface area contributed by atoms with Crippen molar-refractivity contribution in [1.82, 2.24) is 5.32 Å². The van der Waals surface area contributed by atoms with Crippen LogP contribution in [0, 0.1) is 5.41 Å². The van der Waals surface area contributed by atoms with E-state index in [1.807, 2.05) is 20.8 Å². The summed E-state index contributed by atoms with van der Waals surface area (Å²) in [6.07, 6.45) is 3.10. The minimum absolute atomic E-state index is 0.00137. The van der Waals surface area contributed by atoms with Crippen LogP contribution in [0.5, 0.6) is 0 Å². The molecule has 1 rings (SSSR count). The maximum atomic E-state index is 12.0. The Balaban J connectivity index is 2.29. The van der Waals surface area contributed by atoms with E-state index >= 15 is 0 Å². The standard InChI is InChI=1S/C12H24N2O2/c1-9(2)16-8-7-14-11(15)12(3)6-4-5-10(12)13/h9-10H,4-8,13H2,1-3H3,(H,14,15). The summed E-state index contributed by atoms with van der Waals surface area (Å²) < 4.78 is 5.37. The van der Waals surface area contributed by atoms with Gasteiger partial charge in [0.05, 0.1) is 18.1 Å². The summed E-state index contributed by atoms with van der Waals surface area (Å²) in [6, 6.07) is -0.00137. The summed E-state index contributed by atoms with van der Waals surface area (Å²) in [5.74, 6) is 0.0739. The van der Waals surface area contributed by atoms with Gasteiger partial charge < -0.3 is 15.8 Å². The maximum absolute atomic E-state index is 12.0. The van der Waals surface area contributed by atoms with Crippen LogP contribution in [0.3, 0.4) is 0 Å². The Hall–Kier alpha value is -0.610. The fourth-order valence-electron chi connectivity index (χ4n) is 2.14. The van der Waals surface area contributed by atoms with Crippen molar-refractivity contribution in [3.63, 3.8) is 0 Å². The third kappa shape index (κ3) is 3.19. The van der Waals surface area contributed by atoms with E-state index in [0.29, 0.717) is 13.2 Å². The van der Waals surface area contributed by atoms with Gasteiger partial charge in [-0.2, -0.15) is 0 Å². The van der Waals surface area contributed by atoms with Crippen molar-refractivity contribution in [2.24, 2.45) is 11.1 Å². The summed E-state index contributed by atoms with van der Waals surface area (Å²) in [5.41, 5.74) is 5.60. The van der Waals surface area contributed by atoms with Crippen LogP contribution in [-0.2, 0) is 9.53 Å². The molecule has 1 aliphatic carbocycles. The molecule has 1 saturated carbocycles. The highest BCUT2D eigenvalue weighted by atomic mass is 16.5. The van der Waals surface area contributed by atoms with Crippen LogP contribution < -0.4 is 11.1 Å². The first-order valence-electron chi connectivity index (χ1n) is 6.12. The monoisotopic (exact) mass is 228 g/mol. The van der Waals surface area contributed by atoms with E-state index in [0.717, 1.165) is 19.3 Å². The Morgan fingerprint density at radius 3 is 2.81 bits per heavy atom. The van der Waals surface area contributed by atoms with Crippen LogP contribution in [0.15, 0.2) is 0 Å². The number of carbonyl (C=O) groups excluding carboxylic acids is 1. The predicted molar refractivity (Wildman–Crippen MR) is 64.0 cm³/mol. The number of hydrogen-bond donors (Lipinski definition) is 2. The van der Waals surface area contributed by atoms with Gasteiger partial charge in [0.1, 0.15) is 0 Å². The van der Waals surface area contributed by atoms with Crippen LogP contribution in [0.1, 0.15) is 40.0 Å². The van der Waals surface area contributed by atoms with Crippen LogP contribution in [0.4, 0.5) is 0 Å². The summed E-state index contributed by atoms with van der Waals surface area (Å²) in [7, 11) is 0. The maximum Gasteiger partial charge on any atom is 0.227 e. The molecule has 0 aromatic carbocycles. The fraction of sp³-hybridized carbons (Fsp3) is 0.917. The minimum atomic E-state index is -0.377. The van der Waals surface area contributed by atoms with Gasteiger partial charge in [-0.15, -0.1) is 0 Å². The average Bonchev–Trinajstić information content (AvgIpc) is 2.55. The molecule has 1 aliphatic rings. The molecule has 4 nitrogen and oxygen atoms in total. The molecule has 4 heteroatoms. The van der Waals surface area contributed by atoms with Gasteiger partial charge in [0.15, 0.2) is 0 Å². The van der Waals surface area contributed by atoms with Crippen molar-refractivity contribution in [2.75, 3.05) is 13.2 Å². The first-order valence-corrected chi connectivity index (χ1v) is 6.12. The van der Waals surface area contributed by atoms with E-state index in [9.17, 15) is 4.79 Å². The van der Waals surface area contributed by atoms with Gasteiger partial charge in [-0.3, -0.25) is 4.79 Å². The van der Waals surface area contributed by atoms with E-state index in [-0.39, 0.29) is 23.5 Å². The van der Waals surface area contributed by atoms with Crippen LogP contribution in [-0.4, -0.2) is 31.2 Å². The van der Waals surface area contributed by atoms with E-state index in [1.165, 1.54) is 0 Å². The fourth-order valence-corrected chi connectivity index (χ4v) is 2.14. The van der Waals surface area contributed by atoms with E-state index < -0.39 is 0 Å². The number of nitrogens with two attached hydrogens (primary N) is 1. The van der Waals surface area contributed by atoms with Crippen molar-refractivity contribution in [3.05, 3.63) is 0 Å². The molecule has 0 saturated heterocycles. The molecule has 2 atom stereocenters. The van der Waals surface area contributed by atoms with Crippen LogP contribution in [0.2, 0.25) is 0 Å². The molecule has 0 radical (unpaired) electrons. The van der Waals surface area contributed by atoms with Crippen molar-refractivity contribution < 1.29 is 9.53 Å². The normalized spacial score (nSPS) is 29.7. The van der Waals surface area contributed by atoms with Crippen LogP contribution >= 0.6 is 0 Å². The number of carbonyl (C=O) groups is 1. The summed E-state index contributed by atoms with van der Waals surface area (Å²) >= 11 is 0. The number of ether oxygens (including phenoxy) is 1. The highest BCUT2D eigenvalue weighted by molar-refractivity contribution is 5.83. The SMILES string of the molecule is CC(C)OCCNC(=O)C1(C)CCCC1N. The first kappa shape index (κ1) is 13.5. The smallest absolute Gasteiger partial charge is 0.227 e. The van der Waals surface area contributed by atoms with Gasteiger partial charge in [-0.05, 0) is 33.6 Å². The Morgan fingerprint density at radius 2 is 2.31 bits per heavy atom. The molecule has 0 aromatic rings. The summed E-state index contributed by atoms with van der Waals surface area (Å²) in [4.78, 5) is 12.0. The zero-order valence-corrected chi connectivity index (χ0v) is 10.6. The molecular formula is C12H24N2O2. The topological polar surface area (TPSA) is 64.3 Å². The zero-order chi connectivity index (χ0) is 12.2. The molecule has 2 unspecified atom stereocenters.